The van der Waals surface area contributed by atoms with Gasteiger partial charge < -0.3 is 5.32 Å². The average molecular weight is 483 g/mol. The molecule has 0 saturated heterocycles. The molecule has 0 aliphatic heterocycles. The van der Waals surface area contributed by atoms with E-state index in [1.165, 1.54) is 22.9 Å². The van der Waals surface area contributed by atoms with E-state index in [4.69, 9.17) is 16.9 Å². The smallest absolute Gasteiger partial charge is 0.251 e. The molecule has 3 saturated carbocycles. The van der Waals surface area contributed by atoms with Crippen LogP contribution in [0.25, 0.3) is 28.0 Å². The summed E-state index contributed by atoms with van der Waals surface area (Å²) in [6, 6.07) is 6.97. The molecule has 4 aromatic rings. The second-order valence-corrected chi connectivity index (χ2v) is 9.31. The summed E-state index contributed by atoms with van der Waals surface area (Å²) >= 11 is 6.48. The van der Waals surface area contributed by atoms with Gasteiger partial charge in [-0.05, 0) is 37.5 Å². The van der Waals surface area contributed by atoms with Crippen molar-refractivity contribution in [3.8, 4) is 28.5 Å². The Hall–Kier alpha value is -3.84. The summed E-state index contributed by atoms with van der Waals surface area (Å²) < 4.78 is 44.5. The number of fused-ring (bicyclic) bond motifs is 1. The first-order valence-electron chi connectivity index (χ1n) is 10.3. The number of aromatic nitrogens is 4. The zero-order chi connectivity index (χ0) is 23.8. The number of nitrogens with zero attached hydrogens (tertiary/aromatic N) is 4. The van der Waals surface area contributed by atoms with Crippen LogP contribution < -0.4 is 5.32 Å². The molecule has 3 fully saturated rings. The van der Waals surface area contributed by atoms with E-state index < -0.39 is 17.6 Å². The van der Waals surface area contributed by atoms with Crippen molar-refractivity contribution >= 4 is 23.2 Å². The monoisotopic (exact) mass is 482 g/mol. The van der Waals surface area contributed by atoms with Crippen molar-refractivity contribution in [3.05, 3.63) is 65.0 Å². The minimum atomic E-state index is -0.978. The lowest BCUT2D eigenvalue weighted by molar-refractivity contribution is -0.102. The number of benzene rings is 1. The molecule has 34 heavy (non-hydrogen) atoms. The Labute approximate surface area is 195 Å². The minimum absolute atomic E-state index is 0.00741. The number of pyridine rings is 1. The summed E-state index contributed by atoms with van der Waals surface area (Å²) in [7, 11) is 0. The Kier molecular flexibility index (Phi) is 4.17. The fourth-order valence-corrected chi connectivity index (χ4v) is 5.44. The molecule has 1 aromatic carbocycles. The van der Waals surface area contributed by atoms with E-state index >= 15 is 0 Å². The molecule has 3 aliphatic carbocycles. The zero-order valence-corrected chi connectivity index (χ0v) is 18.1. The molecule has 2 bridgehead atoms. The summed E-state index contributed by atoms with van der Waals surface area (Å²) in [5, 5.41) is 17.9. The highest BCUT2D eigenvalue weighted by molar-refractivity contribution is 6.32. The second kappa shape index (κ2) is 6.84. The summed E-state index contributed by atoms with van der Waals surface area (Å²) in [5.41, 5.74) is -0.554. The number of carbonyl (C=O) groups is 1. The summed E-state index contributed by atoms with van der Waals surface area (Å²) in [4.78, 5) is 17.2. The highest BCUT2D eigenvalue weighted by Crippen LogP contribution is 2.66. The largest absolute Gasteiger partial charge is 0.346 e. The molecular formula is C23H14ClF3N6O. The molecule has 0 atom stereocenters. The van der Waals surface area contributed by atoms with Gasteiger partial charge in [0.2, 0.25) is 5.95 Å². The maximum absolute atomic E-state index is 14.9. The third-order valence-corrected chi connectivity index (χ3v) is 7.01. The van der Waals surface area contributed by atoms with Crippen LogP contribution in [0, 0.1) is 34.3 Å². The first kappa shape index (κ1) is 20.7. The van der Waals surface area contributed by atoms with Crippen LogP contribution in [0.2, 0.25) is 5.15 Å². The number of imidazole rings is 1. The van der Waals surface area contributed by atoms with E-state index in [1.54, 1.807) is 6.07 Å². The van der Waals surface area contributed by atoms with E-state index in [9.17, 15) is 18.0 Å². The Morgan fingerprint density at radius 1 is 1.21 bits per heavy atom. The van der Waals surface area contributed by atoms with E-state index in [2.05, 4.69) is 26.6 Å². The maximum atomic E-state index is 14.9. The van der Waals surface area contributed by atoms with Crippen LogP contribution in [0.3, 0.4) is 0 Å². The fourth-order valence-electron chi connectivity index (χ4n) is 5.16. The van der Waals surface area contributed by atoms with Gasteiger partial charge in [-0.3, -0.25) is 14.3 Å². The molecule has 170 valence electrons. The van der Waals surface area contributed by atoms with Gasteiger partial charge in [-0.15, -0.1) is 5.10 Å². The van der Waals surface area contributed by atoms with Crippen molar-refractivity contribution in [2.75, 3.05) is 0 Å². The molecule has 7 nitrogen and oxygen atoms in total. The zero-order valence-electron chi connectivity index (χ0n) is 17.3. The molecule has 3 heterocycles. The number of H-pyrrole nitrogens is 1. The summed E-state index contributed by atoms with van der Waals surface area (Å²) in [6.07, 6.45) is 4.62. The van der Waals surface area contributed by atoms with Gasteiger partial charge in [0.15, 0.2) is 0 Å². The average Bonchev–Trinajstić information content (AvgIpc) is 3.31. The van der Waals surface area contributed by atoms with Crippen molar-refractivity contribution in [2.24, 2.45) is 5.41 Å². The third-order valence-electron chi connectivity index (χ3n) is 6.65. The lowest BCUT2D eigenvalue weighted by Gasteiger charge is -2.66. The van der Waals surface area contributed by atoms with E-state index in [0.29, 0.717) is 30.9 Å². The van der Waals surface area contributed by atoms with E-state index in [1.807, 2.05) is 0 Å². The summed E-state index contributed by atoms with van der Waals surface area (Å²) in [6.45, 7) is 0. The highest BCUT2D eigenvalue weighted by Gasteiger charge is 2.69. The second-order valence-electron chi connectivity index (χ2n) is 8.95. The predicted molar refractivity (Wildman–Crippen MR) is 115 cm³/mol. The molecule has 0 spiro atoms. The molecule has 7 rings (SSSR count). The fraction of sp³-hybridized carbons (Fsp3) is 0.217. The first-order chi connectivity index (χ1) is 16.2. The van der Waals surface area contributed by atoms with Gasteiger partial charge in [-0.25, -0.2) is 13.8 Å². The van der Waals surface area contributed by atoms with Crippen LogP contribution in [-0.2, 0) is 0 Å². The van der Waals surface area contributed by atoms with Gasteiger partial charge in [0.05, 0.1) is 17.0 Å². The number of nitriles is 1. The molecular weight excluding hydrogens is 469 g/mol. The number of aromatic amines is 1. The Morgan fingerprint density at radius 3 is 2.65 bits per heavy atom. The van der Waals surface area contributed by atoms with Crippen LogP contribution in [0.4, 0.5) is 13.2 Å². The Balaban J connectivity index is 1.40. The SMILES string of the molecule is N#CC12CC(NC(=O)c3ccn4c(Cl)c(-c5c(F)cc(F)cc5-c5c[nH]nc5F)nc4c3)(C1)C2. The summed E-state index contributed by atoms with van der Waals surface area (Å²) in [5.74, 6) is -3.13. The van der Waals surface area contributed by atoms with Gasteiger partial charge in [-0.2, -0.15) is 9.65 Å². The molecule has 0 unspecified atom stereocenters. The van der Waals surface area contributed by atoms with Crippen LogP contribution >= 0.6 is 11.6 Å². The van der Waals surface area contributed by atoms with Crippen molar-refractivity contribution in [3.63, 3.8) is 0 Å². The van der Waals surface area contributed by atoms with Crippen LogP contribution in [-0.4, -0.2) is 31.0 Å². The number of hydrogen-bond acceptors (Lipinski definition) is 4. The van der Waals surface area contributed by atoms with Crippen LogP contribution in [0.1, 0.15) is 29.6 Å². The standard InChI is InChI=1S/C23H14ClF3N6O/c24-19-18(17-13(4-12(25)5-15(17)26)14-6-29-32-20(14)27)30-16-3-11(1-2-33(16)19)21(34)31-23-7-22(8-23,9-23)10-28/h1-6H,7-9H2,(H,29,32)(H,31,34). The number of halogens is 4. The Morgan fingerprint density at radius 2 is 1.97 bits per heavy atom. The lowest BCUT2D eigenvalue weighted by atomic mass is 9.40. The van der Waals surface area contributed by atoms with Crippen LogP contribution in [0.5, 0.6) is 0 Å². The normalized spacial score (nSPS) is 22.7. The van der Waals surface area contributed by atoms with Crippen molar-refractivity contribution in [1.82, 2.24) is 24.9 Å². The number of hydrogen-bond donors (Lipinski definition) is 2. The van der Waals surface area contributed by atoms with Crippen molar-refractivity contribution in [1.29, 1.82) is 5.26 Å². The van der Waals surface area contributed by atoms with Gasteiger partial charge in [-0.1, -0.05) is 11.6 Å². The molecule has 0 radical (unpaired) electrons. The number of rotatable bonds is 4. The van der Waals surface area contributed by atoms with E-state index in [-0.39, 0.29) is 50.0 Å². The molecule has 1 amide bonds. The lowest BCUT2D eigenvalue weighted by Crippen LogP contribution is -2.74. The van der Waals surface area contributed by atoms with Crippen molar-refractivity contribution in [2.45, 2.75) is 24.8 Å². The van der Waals surface area contributed by atoms with Gasteiger partial charge >= 0.3 is 0 Å². The number of amides is 1. The maximum Gasteiger partial charge on any atom is 0.251 e. The predicted octanol–water partition coefficient (Wildman–Crippen LogP) is 4.64. The van der Waals surface area contributed by atoms with E-state index in [0.717, 1.165) is 6.07 Å². The molecule has 11 heteroatoms. The quantitative estimate of drug-likeness (QED) is 0.442. The number of carbonyl (C=O) groups excluding carboxylic acids is 1. The van der Waals surface area contributed by atoms with Crippen LogP contribution in [0.15, 0.2) is 36.7 Å². The van der Waals surface area contributed by atoms with Gasteiger partial charge in [0, 0.05) is 40.7 Å². The molecule has 3 aliphatic rings. The van der Waals surface area contributed by atoms with Gasteiger partial charge in [0.1, 0.15) is 28.1 Å². The highest BCUT2D eigenvalue weighted by atomic mass is 35.5. The number of nitrogens with one attached hydrogen (secondary N) is 2. The van der Waals surface area contributed by atoms with Gasteiger partial charge in [0.25, 0.3) is 5.91 Å². The first-order valence-corrected chi connectivity index (χ1v) is 10.7. The van der Waals surface area contributed by atoms with Crippen molar-refractivity contribution < 1.29 is 18.0 Å². The Bertz CT molecular complexity index is 1550. The molecule has 3 aromatic heterocycles. The third kappa shape index (κ3) is 2.86. The molecule has 2 N–H and O–H groups in total. The minimum Gasteiger partial charge on any atom is -0.346 e. The topological polar surface area (TPSA) is 98.9 Å².